The molecule has 0 aromatic carbocycles. The van der Waals surface area contributed by atoms with Crippen LogP contribution in [-0.4, -0.2) is 96.7 Å². The third kappa shape index (κ3) is 71.5. The van der Waals surface area contributed by atoms with Gasteiger partial charge in [-0.05, 0) is 49.4 Å². The second kappa shape index (κ2) is 69.1. The fourth-order valence-corrected chi connectivity index (χ4v) is 13.8. The Balaban J connectivity index is 5.23. The van der Waals surface area contributed by atoms with Gasteiger partial charge >= 0.3 is 39.5 Å². The molecule has 4 unspecified atom stereocenters. The van der Waals surface area contributed by atoms with Gasteiger partial charge in [0.2, 0.25) is 0 Å². The maximum absolute atomic E-state index is 13.1. The second-order valence-electron chi connectivity index (χ2n) is 30.2. The number of aliphatic hydroxyl groups excluding tert-OH is 1. The Kier molecular flexibility index (Phi) is 67.8. The minimum absolute atomic E-state index is 0.106. The summed E-state index contributed by atoms with van der Waals surface area (Å²) in [6, 6.07) is 0. The van der Waals surface area contributed by atoms with Crippen LogP contribution in [0.1, 0.15) is 409 Å². The Morgan fingerprint density at radius 2 is 0.485 bits per heavy atom. The van der Waals surface area contributed by atoms with Gasteiger partial charge < -0.3 is 33.8 Å². The number of carbonyl (C=O) groups is 4. The van der Waals surface area contributed by atoms with Crippen molar-refractivity contribution in [2.75, 3.05) is 39.6 Å². The van der Waals surface area contributed by atoms with E-state index in [1.54, 1.807) is 0 Å². The predicted octanol–water partition coefficient (Wildman–Crippen LogP) is 23.6. The number of phosphoric acid groups is 2. The van der Waals surface area contributed by atoms with Gasteiger partial charge in [-0.2, -0.15) is 0 Å². The van der Waals surface area contributed by atoms with Crippen LogP contribution in [-0.2, 0) is 65.4 Å². The number of unbranched alkanes of at least 4 members (excludes halogenated alkanes) is 41. The molecule has 0 aromatic heterocycles. The average molecular weight is 1450 g/mol. The lowest BCUT2D eigenvalue weighted by molar-refractivity contribution is -0.161. The summed E-state index contributed by atoms with van der Waals surface area (Å²) in [7, 11) is -9.92. The number of aliphatic hydroxyl groups is 1. The summed E-state index contributed by atoms with van der Waals surface area (Å²) in [4.78, 5) is 73.0. The van der Waals surface area contributed by atoms with Gasteiger partial charge in [0.1, 0.15) is 19.3 Å². The predicted molar refractivity (Wildman–Crippen MR) is 404 cm³/mol. The topological polar surface area (TPSA) is 237 Å². The zero-order valence-corrected chi connectivity index (χ0v) is 66.9. The third-order valence-electron chi connectivity index (χ3n) is 19.3. The quantitative estimate of drug-likeness (QED) is 0.0222. The highest BCUT2D eigenvalue weighted by molar-refractivity contribution is 7.47. The van der Waals surface area contributed by atoms with Crippen molar-refractivity contribution >= 4 is 39.5 Å². The van der Waals surface area contributed by atoms with Crippen molar-refractivity contribution in [1.82, 2.24) is 0 Å². The molecule has 0 aromatic rings. The Bertz CT molecular complexity index is 1940. The van der Waals surface area contributed by atoms with Crippen LogP contribution < -0.4 is 0 Å². The highest BCUT2D eigenvalue weighted by atomic mass is 31.2. The zero-order valence-electron chi connectivity index (χ0n) is 65.1. The molecular weight excluding hydrogens is 1290 g/mol. The Morgan fingerprint density at radius 3 is 0.717 bits per heavy atom. The maximum atomic E-state index is 13.1. The van der Waals surface area contributed by atoms with Gasteiger partial charge in [0.25, 0.3) is 0 Å². The van der Waals surface area contributed by atoms with Crippen molar-refractivity contribution in [2.45, 2.75) is 427 Å². The lowest BCUT2D eigenvalue weighted by atomic mass is 9.99. The molecule has 0 saturated carbocycles. The summed E-state index contributed by atoms with van der Waals surface area (Å²) >= 11 is 0. The van der Waals surface area contributed by atoms with Crippen LogP contribution >= 0.6 is 15.6 Å². The van der Waals surface area contributed by atoms with Crippen LogP contribution in [0.3, 0.4) is 0 Å². The van der Waals surface area contributed by atoms with E-state index < -0.39 is 97.5 Å². The van der Waals surface area contributed by atoms with E-state index in [-0.39, 0.29) is 25.7 Å². The van der Waals surface area contributed by atoms with E-state index in [0.29, 0.717) is 31.6 Å². The van der Waals surface area contributed by atoms with Crippen molar-refractivity contribution in [3.05, 3.63) is 0 Å². The van der Waals surface area contributed by atoms with Gasteiger partial charge in [0.15, 0.2) is 12.2 Å². The van der Waals surface area contributed by atoms with Crippen molar-refractivity contribution in [2.24, 2.45) is 23.7 Å². The van der Waals surface area contributed by atoms with E-state index in [1.807, 2.05) is 0 Å². The standard InChI is InChI=1S/C80H156O17P2/c1-9-72(7)58-50-42-33-27-21-17-14-15-19-23-31-37-47-55-63-80(85)97-76(67-91-78(83)61-53-45-39-38-41-49-57-71(5)6)69-95-99(88,89)93-65-74(81)64-92-98(86,87)94-68-75(66-90-77(82)60-52-44-35-29-25-24-28-34-43-51-59-73(8)10-2)96-79(84)62-54-46-36-30-22-18-13-11-12-16-20-26-32-40-48-56-70(3)4/h70-76,81H,9-69H2,1-8H3,(H,86,87)(H,88,89)/t72?,73?,74-,75-,76-/m1/s1. The summed E-state index contributed by atoms with van der Waals surface area (Å²) in [5, 5.41) is 10.6. The van der Waals surface area contributed by atoms with Crippen molar-refractivity contribution in [3.63, 3.8) is 0 Å². The summed E-state index contributed by atoms with van der Waals surface area (Å²) in [6.07, 6.45) is 55.5. The lowest BCUT2D eigenvalue weighted by Gasteiger charge is -2.21. The number of esters is 4. The van der Waals surface area contributed by atoms with Crippen molar-refractivity contribution in [3.8, 4) is 0 Å². The molecule has 588 valence electrons. The normalized spacial score (nSPS) is 14.6. The average Bonchev–Trinajstić information content (AvgIpc) is 1.01. The Morgan fingerprint density at radius 1 is 0.283 bits per heavy atom. The summed E-state index contributed by atoms with van der Waals surface area (Å²) in [6.45, 7) is 14.3. The Labute approximate surface area is 607 Å². The van der Waals surface area contributed by atoms with E-state index in [2.05, 4.69) is 55.4 Å². The highest BCUT2D eigenvalue weighted by Crippen LogP contribution is 2.45. The smallest absolute Gasteiger partial charge is 0.462 e. The van der Waals surface area contributed by atoms with Gasteiger partial charge in [0, 0.05) is 25.7 Å². The number of phosphoric ester groups is 2. The number of carbonyl (C=O) groups excluding carboxylic acids is 4. The summed E-state index contributed by atoms with van der Waals surface area (Å²) in [5.74, 6) is 1.02. The van der Waals surface area contributed by atoms with Gasteiger partial charge in [-0.25, -0.2) is 9.13 Å². The molecule has 19 heteroatoms. The molecule has 0 amide bonds. The number of ether oxygens (including phenoxy) is 4. The molecule has 0 aliphatic carbocycles. The third-order valence-corrected chi connectivity index (χ3v) is 21.2. The lowest BCUT2D eigenvalue weighted by Crippen LogP contribution is -2.30. The molecule has 0 fully saturated rings. The van der Waals surface area contributed by atoms with Crippen LogP contribution in [0.5, 0.6) is 0 Å². The number of hydrogen-bond donors (Lipinski definition) is 3. The maximum Gasteiger partial charge on any atom is 0.472 e. The molecule has 0 radical (unpaired) electrons. The molecular formula is C80H156O17P2. The molecule has 3 N–H and O–H groups in total. The first kappa shape index (κ1) is 97.1. The van der Waals surface area contributed by atoms with Gasteiger partial charge in [-0.3, -0.25) is 37.3 Å². The van der Waals surface area contributed by atoms with Crippen LogP contribution in [0.4, 0.5) is 0 Å². The van der Waals surface area contributed by atoms with Crippen molar-refractivity contribution < 1.29 is 80.2 Å². The monoisotopic (exact) mass is 1450 g/mol. The Hall–Kier alpha value is -1.94. The zero-order chi connectivity index (χ0) is 73.1. The van der Waals surface area contributed by atoms with Gasteiger partial charge in [-0.1, -0.05) is 357 Å². The van der Waals surface area contributed by atoms with E-state index in [9.17, 15) is 43.2 Å². The van der Waals surface area contributed by atoms with Gasteiger partial charge in [-0.15, -0.1) is 0 Å². The van der Waals surface area contributed by atoms with Crippen LogP contribution in [0.15, 0.2) is 0 Å². The first-order chi connectivity index (χ1) is 47.7. The fourth-order valence-electron chi connectivity index (χ4n) is 12.2. The highest BCUT2D eigenvalue weighted by Gasteiger charge is 2.30. The van der Waals surface area contributed by atoms with E-state index in [1.165, 1.54) is 205 Å². The first-order valence-electron chi connectivity index (χ1n) is 41.3. The molecule has 7 atom stereocenters. The molecule has 0 spiro atoms. The minimum Gasteiger partial charge on any atom is -0.462 e. The minimum atomic E-state index is -4.96. The molecule has 0 bridgehead atoms. The molecule has 99 heavy (non-hydrogen) atoms. The van der Waals surface area contributed by atoms with Crippen molar-refractivity contribution in [1.29, 1.82) is 0 Å². The molecule has 0 aliphatic heterocycles. The first-order valence-corrected chi connectivity index (χ1v) is 44.3. The van der Waals surface area contributed by atoms with E-state index in [4.69, 9.17) is 37.0 Å². The molecule has 17 nitrogen and oxygen atoms in total. The number of hydrogen-bond acceptors (Lipinski definition) is 15. The molecule has 0 rings (SSSR count). The van der Waals surface area contributed by atoms with Crippen LogP contribution in [0.25, 0.3) is 0 Å². The molecule has 0 aliphatic rings. The van der Waals surface area contributed by atoms with Crippen LogP contribution in [0, 0.1) is 23.7 Å². The van der Waals surface area contributed by atoms with Gasteiger partial charge in [0.05, 0.1) is 26.4 Å². The molecule has 0 saturated heterocycles. The summed E-state index contributed by atoms with van der Waals surface area (Å²) in [5.41, 5.74) is 0. The summed E-state index contributed by atoms with van der Waals surface area (Å²) < 4.78 is 68.7. The van der Waals surface area contributed by atoms with E-state index in [0.717, 1.165) is 114 Å². The van der Waals surface area contributed by atoms with E-state index >= 15 is 0 Å². The fraction of sp³-hybridized carbons (Fsp3) is 0.950. The van der Waals surface area contributed by atoms with Crippen LogP contribution in [0.2, 0.25) is 0 Å². The number of rotatable bonds is 77. The largest absolute Gasteiger partial charge is 0.472 e. The second-order valence-corrected chi connectivity index (χ2v) is 33.1. The SMILES string of the molecule is CCC(C)CCCCCCCCCCCCCCCCC(=O)O[C@H](COC(=O)CCCCCCCCC(C)C)COP(=O)(O)OC[C@H](O)COP(=O)(O)OC[C@@H](COC(=O)CCCCCCCCCCCCC(C)CC)OC(=O)CCCCCCCCCCCCCCCCCC(C)C. The molecule has 0 heterocycles.